The van der Waals surface area contributed by atoms with Gasteiger partial charge in [0.1, 0.15) is 5.67 Å². The first kappa shape index (κ1) is 11.3. The summed E-state index contributed by atoms with van der Waals surface area (Å²) in [7, 11) is 0. The second-order valence-electron chi connectivity index (χ2n) is 3.77. The molecule has 0 aromatic rings. The predicted octanol–water partition coefficient (Wildman–Crippen LogP) is 2.44. The minimum Gasteiger partial charge on any atom is -0.327 e. The maximum atomic E-state index is 14.0. The summed E-state index contributed by atoms with van der Waals surface area (Å²) in [4.78, 5) is 0. The maximum Gasteiger partial charge on any atom is 0.263 e. The zero-order valence-electron chi connectivity index (χ0n) is 8.18. The van der Waals surface area contributed by atoms with Crippen LogP contribution in [0.2, 0.25) is 0 Å². The van der Waals surface area contributed by atoms with Crippen LogP contribution in [-0.2, 0) is 0 Å². The quantitative estimate of drug-likeness (QED) is 0.736. The zero-order valence-corrected chi connectivity index (χ0v) is 8.18. The third kappa shape index (κ3) is 1.85. The molecule has 0 amide bonds. The van der Waals surface area contributed by atoms with Crippen molar-refractivity contribution < 1.29 is 13.2 Å². The Morgan fingerprint density at radius 1 is 1.50 bits per heavy atom. The van der Waals surface area contributed by atoms with Gasteiger partial charge in [0, 0.05) is 17.5 Å². The van der Waals surface area contributed by atoms with Gasteiger partial charge < -0.3 is 5.73 Å². The lowest BCUT2D eigenvalue weighted by Gasteiger charge is -2.35. The van der Waals surface area contributed by atoms with Crippen molar-refractivity contribution in [3.8, 4) is 0 Å². The van der Waals surface area contributed by atoms with Crippen molar-refractivity contribution >= 4 is 0 Å². The number of alkyl halides is 3. The van der Waals surface area contributed by atoms with Gasteiger partial charge in [-0.1, -0.05) is 18.2 Å². The Bertz CT molecular complexity index is 267. The average molecular weight is 205 g/mol. The third-order valence-corrected chi connectivity index (χ3v) is 2.59. The maximum absolute atomic E-state index is 14.0. The van der Waals surface area contributed by atoms with E-state index in [9.17, 15) is 13.2 Å². The fourth-order valence-electron chi connectivity index (χ4n) is 1.77. The summed E-state index contributed by atoms with van der Waals surface area (Å²) in [5.41, 5.74) is 3.01. The second-order valence-corrected chi connectivity index (χ2v) is 3.77. The van der Waals surface area contributed by atoms with Crippen LogP contribution in [0.3, 0.4) is 0 Å². The molecule has 1 rings (SSSR count). The summed E-state index contributed by atoms with van der Waals surface area (Å²) >= 11 is 0. The van der Waals surface area contributed by atoms with E-state index in [1.165, 1.54) is 12.2 Å². The molecule has 0 heterocycles. The third-order valence-electron chi connectivity index (χ3n) is 2.59. The molecular weight excluding hydrogens is 191 g/mol. The summed E-state index contributed by atoms with van der Waals surface area (Å²) in [5.74, 6) is -0.684. The number of halogens is 3. The van der Waals surface area contributed by atoms with E-state index < -0.39 is 29.6 Å². The average Bonchev–Trinajstić information content (AvgIpc) is 2.01. The molecule has 0 bridgehead atoms. The van der Waals surface area contributed by atoms with Gasteiger partial charge in [0.15, 0.2) is 0 Å². The Labute approximate surface area is 81.5 Å². The Morgan fingerprint density at radius 3 is 2.50 bits per heavy atom. The number of hydrogen-bond acceptors (Lipinski definition) is 1. The summed E-state index contributed by atoms with van der Waals surface area (Å²) in [6.07, 6.45) is 1.34. The molecular formula is C10H14F3N. The molecule has 1 nitrogen and oxygen atoms in total. The van der Waals surface area contributed by atoms with Gasteiger partial charge in [-0.05, 0) is 13.8 Å². The standard InChI is InChI=1S/C10H14F3N/c1-6(14)7-4-3-5-8(9(11)12)10(7,2)13/h3-7,9H,14H2,1-2H3/t6-,7?,10?/m1/s1. The first-order valence-electron chi connectivity index (χ1n) is 4.49. The zero-order chi connectivity index (χ0) is 10.9. The van der Waals surface area contributed by atoms with E-state index in [2.05, 4.69) is 0 Å². The molecule has 0 aliphatic heterocycles. The molecule has 1 aliphatic rings. The van der Waals surface area contributed by atoms with E-state index in [4.69, 9.17) is 5.73 Å². The normalized spacial score (nSPS) is 34.5. The molecule has 0 saturated carbocycles. The number of allylic oxidation sites excluding steroid dienone is 3. The number of rotatable bonds is 2. The molecule has 0 saturated heterocycles. The van der Waals surface area contributed by atoms with E-state index in [-0.39, 0.29) is 0 Å². The van der Waals surface area contributed by atoms with Gasteiger partial charge in [0.25, 0.3) is 6.43 Å². The predicted molar refractivity (Wildman–Crippen MR) is 49.9 cm³/mol. The lowest BCUT2D eigenvalue weighted by atomic mass is 9.77. The van der Waals surface area contributed by atoms with Crippen molar-refractivity contribution in [2.75, 3.05) is 0 Å². The Kier molecular flexibility index (Phi) is 3.04. The second kappa shape index (κ2) is 3.77. The van der Waals surface area contributed by atoms with Crippen molar-refractivity contribution in [3.05, 3.63) is 23.8 Å². The van der Waals surface area contributed by atoms with Crippen LogP contribution in [0.25, 0.3) is 0 Å². The van der Waals surface area contributed by atoms with Gasteiger partial charge in [-0.25, -0.2) is 13.2 Å². The highest BCUT2D eigenvalue weighted by Gasteiger charge is 2.43. The van der Waals surface area contributed by atoms with E-state index in [1.54, 1.807) is 6.92 Å². The van der Waals surface area contributed by atoms with Crippen LogP contribution < -0.4 is 5.73 Å². The molecule has 3 atom stereocenters. The van der Waals surface area contributed by atoms with Crippen LogP contribution in [0, 0.1) is 5.92 Å². The van der Waals surface area contributed by atoms with Crippen molar-refractivity contribution in [1.82, 2.24) is 0 Å². The van der Waals surface area contributed by atoms with Crippen molar-refractivity contribution in [2.45, 2.75) is 32.0 Å². The Hall–Kier alpha value is -0.770. The van der Waals surface area contributed by atoms with Gasteiger partial charge in [0.05, 0.1) is 0 Å². The molecule has 2 unspecified atom stereocenters. The van der Waals surface area contributed by atoms with Crippen molar-refractivity contribution in [3.63, 3.8) is 0 Å². The van der Waals surface area contributed by atoms with Gasteiger partial charge in [-0.15, -0.1) is 0 Å². The topological polar surface area (TPSA) is 26.0 Å². The summed E-state index contributed by atoms with van der Waals surface area (Å²) in [5, 5.41) is 0. The largest absolute Gasteiger partial charge is 0.327 e. The minimum absolute atomic E-state index is 0.483. The van der Waals surface area contributed by atoms with Crippen LogP contribution >= 0.6 is 0 Å². The molecule has 80 valence electrons. The fraction of sp³-hybridized carbons (Fsp3) is 0.600. The molecule has 0 aromatic carbocycles. The molecule has 4 heteroatoms. The molecule has 0 fully saturated rings. The first-order chi connectivity index (χ1) is 6.37. The van der Waals surface area contributed by atoms with Crippen molar-refractivity contribution in [2.24, 2.45) is 11.7 Å². The molecule has 14 heavy (non-hydrogen) atoms. The first-order valence-corrected chi connectivity index (χ1v) is 4.49. The van der Waals surface area contributed by atoms with E-state index >= 15 is 0 Å². The summed E-state index contributed by atoms with van der Waals surface area (Å²) < 4.78 is 39.0. The highest BCUT2D eigenvalue weighted by Crippen LogP contribution is 2.38. The van der Waals surface area contributed by atoms with Gasteiger partial charge >= 0.3 is 0 Å². The Morgan fingerprint density at radius 2 is 2.07 bits per heavy atom. The smallest absolute Gasteiger partial charge is 0.263 e. The van der Waals surface area contributed by atoms with E-state index in [1.807, 2.05) is 0 Å². The van der Waals surface area contributed by atoms with Gasteiger partial charge in [-0.3, -0.25) is 0 Å². The summed E-state index contributed by atoms with van der Waals surface area (Å²) in [6, 6.07) is -0.483. The van der Waals surface area contributed by atoms with Crippen molar-refractivity contribution in [1.29, 1.82) is 0 Å². The SMILES string of the molecule is C[C@@H](N)C1C=CC=C(C(F)F)C1(C)F. The van der Waals surface area contributed by atoms with Crippen LogP contribution in [-0.4, -0.2) is 18.1 Å². The number of nitrogens with two attached hydrogens (primary N) is 1. The molecule has 2 N–H and O–H groups in total. The molecule has 0 radical (unpaired) electrons. The van der Waals surface area contributed by atoms with Crippen LogP contribution in [0.4, 0.5) is 13.2 Å². The molecule has 0 spiro atoms. The van der Waals surface area contributed by atoms with E-state index in [0.29, 0.717) is 0 Å². The van der Waals surface area contributed by atoms with E-state index in [0.717, 1.165) is 13.0 Å². The monoisotopic (exact) mass is 205 g/mol. The van der Waals surface area contributed by atoms with Crippen LogP contribution in [0.1, 0.15) is 13.8 Å². The number of hydrogen-bond donors (Lipinski definition) is 1. The highest BCUT2D eigenvalue weighted by atomic mass is 19.3. The lowest BCUT2D eigenvalue weighted by Crippen LogP contribution is -2.44. The Balaban J connectivity index is 3.01. The van der Waals surface area contributed by atoms with Crippen LogP contribution in [0.5, 0.6) is 0 Å². The van der Waals surface area contributed by atoms with Crippen LogP contribution in [0.15, 0.2) is 23.8 Å². The summed E-state index contributed by atoms with van der Waals surface area (Å²) in [6.45, 7) is 2.77. The highest BCUT2D eigenvalue weighted by molar-refractivity contribution is 5.32. The lowest BCUT2D eigenvalue weighted by molar-refractivity contribution is 0.0904. The molecule has 1 aliphatic carbocycles. The minimum atomic E-state index is -2.77. The molecule has 0 aromatic heterocycles. The van der Waals surface area contributed by atoms with Gasteiger partial charge in [0.2, 0.25) is 0 Å². The fourth-order valence-corrected chi connectivity index (χ4v) is 1.77. The van der Waals surface area contributed by atoms with Gasteiger partial charge in [-0.2, -0.15) is 0 Å².